The molecule has 3 aromatic rings. The van der Waals surface area contributed by atoms with Crippen LogP contribution in [0.25, 0.3) is 23.1 Å². The van der Waals surface area contributed by atoms with Crippen molar-refractivity contribution in [2.75, 3.05) is 7.11 Å². The van der Waals surface area contributed by atoms with Gasteiger partial charge in [0.15, 0.2) is 5.52 Å². The van der Waals surface area contributed by atoms with Gasteiger partial charge >= 0.3 is 11.3 Å². The SMILES string of the molecule is COc1ccc(C=Cc2nc3c([N+](=O)[O-])cc([N+](=O)[O-])cc3c(=O)o2)cc1. The van der Waals surface area contributed by atoms with E-state index in [1.54, 1.807) is 30.3 Å². The zero-order valence-electron chi connectivity index (χ0n) is 13.8. The highest BCUT2D eigenvalue weighted by Gasteiger charge is 2.23. The fraction of sp³-hybridized carbons (Fsp3) is 0.0588. The van der Waals surface area contributed by atoms with Gasteiger partial charge in [0.05, 0.1) is 28.4 Å². The summed E-state index contributed by atoms with van der Waals surface area (Å²) in [6, 6.07) is 8.62. The Morgan fingerprint density at radius 2 is 1.78 bits per heavy atom. The number of fused-ring (bicyclic) bond motifs is 1. The van der Waals surface area contributed by atoms with Crippen LogP contribution >= 0.6 is 0 Å². The quantitative estimate of drug-likeness (QED) is 0.493. The topological polar surface area (TPSA) is 139 Å². The average molecular weight is 369 g/mol. The number of hydrogen-bond donors (Lipinski definition) is 0. The van der Waals surface area contributed by atoms with Crippen LogP contribution in [0.15, 0.2) is 45.6 Å². The third kappa shape index (κ3) is 3.63. The molecule has 0 saturated heterocycles. The summed E-state index contributed by atoms with van der Waals surface area (Å²) >= 11 is 0. The van der Waals surface area contributed by atoms with Gasteiger partial charge in [0.2, 0.25) is 5.89 Å². The summed E-state index contributed by atoms with van der Waals surface area (Å²) in [5.74, 6) is 0.500. The maximum Gasteiger partial charge on any atom is 0.347 e. The minimum Gasteiger partial charge on any atom is -0.497 e. The van der Waals surface area contributed by atoms with E-state index in [0.717, 1.165) is 17.7 Å². The lowest BCUT2D eigenvalue weighted by Gasteiger charge is -2.01. The van der Waals surface area contributed by atoms with Gasteiger partial charge < -0.3 is 9.15 Å². The van der Waals surface area contributed by atoms with Crippen LogP contribution in [0.1, 0.15) is 11.5 Å². The molecule has 0 fully saturated rings. The van der Waals surface area contributed by atoms with Crippen molar-refractivity contribution in [2.45, 2.75) is 0 Å². The molecule has 136 valence electrons. The Hall–Kier alpha value is -4.08. The summed E-state index contributed by atoms with van der Waals surface area (Å²) < 4.78 is 10.1. The molecular formula is C17H11N3O7. The molecule has 1 heterocycles. The molecule has 2 aromatic carbocycles. The van der Waals surface area contributed by atoms with Gasteiger partial charge in [0.25, 0.3) is 5.69 Å². The van der Waals surface area contributed by atoms with Gasteiger partial charge in [-0.1, -0.05) is 12.1 Å². The number of nitro benzene ring substituents is 2. The molecule has 0 N–H and O–H groups in total. The highest BCUT2D eigenvalue weighted by atomic mass is 16.6. The average Bonchev–Trinajstić information content (AvgIpc) is 2.65. The minimum atomic E-state index is -0.957. The first kappa shape index (κ1) is 17.7. The molecule has 0 spiro atoms. The number of non-ortho nitro benzene ring substituents is 2. The molecule has 0 aliphatic heterocycles. The van der Waals surface area contributed by atoms with Crippen LogP contribution in [0.2, 0.25) is 0 Å². The van der Waals surface area contributed by atoms with Crippen molar-refractivity contribution in [3.63, 3.8) is 0 Å². The summed E-state index contributed by atoms with van der Waals surface area (Å²) in [4.78, 5) is 36.6. The summed E-state index contributed by atoms with van der Waals surface area (Å²) in [5.41, 5.74) is -1.73. The molecule has 27 heavy (non-hydrogen) atoms. The molecule has 1 aromatic heterocycles. The van der Waals surface area contributed by atoms with Crippen LogP contribution in [0, 0.1) is 20.2 Å². The number of aromatic nitrogens is 1. The molecule has 0 aliphatic carbocycles. The summed E-state index contributed by atoms with van der Waals surface area (Å²) in [6.45, 7) is 0. The van der Waals surface area contributed by atoms with Gasteiger partial charge in [-0.2, -0.15) is 0 Å². The predicted octanol–water partition coefficient (Wildman–Crippen LogP) is 3.18. The zero-order chi connectivity index (χ0) is 19.6. The molecule has 10 nitrogen and oxygen atoms in total. The molecule has 0 aliphatic rings. The number of hydrogen-bond acceptors (Lipinski definition) is 8. The summed E-state index contributed by atoms with van der Waals surface area (Å²) in [6.07, 6.45) is 2.96. The fourth-order valence-electron chi connectivity index (χ4n) is 2.36. The number of methoxy groups -OCH3 is 1. The van der Waals surface area contributed by atoms with Gasteiger partial charge in [-0.05, 0) is 23.8 Å². The summed E-state index contributed by atoms with van der Waals surface area (Å²) in [7, 11) is 1.54. The Bertz CT molecular complexity index is 1130. The maximum absolute atomic E-state index is 12.1. The Balaban J connectivity index is 2.10. The Morgan fingerprint density at radius 1 is 1.07 bits per heavy atom. The van der Waals surface area contributed by atoms with Crippen molar-refractivity contribution in [2.24, 2.45) is 0 Å². The lowest BCUT2D eigenvalue weighted by Crippen LogP contribution is -2.06. The van der Waals surface area contributed by atoms with E-state index in [4.69, 9.17) is 9.15 Å². The highest BCUT2D eigenvalue weighted by Crippen LogP contribution is 2.28. The van der Waals surface area contributed by atoms with E-state index in [0.29, 0.717) is 5.75 Å². The highest BCUT2D eigenvalue weighted by molar-refractivity contribution is 5.89. The van der Waals surface area contributed by atoms with Gasteiger partial charge in [-0.15, -0.1) is 0 Å². The lowest BCUT2D eigenvalue weighted by molar-refractivity contribution is -0.393. The van der Waals surface area contributed by atoms with Crippen molar-refractivity contribution in [3.05, 3.63) is 78.5 Å². The van der Waals surface area contributed by atoms with E-state index < -0.39 is 26.8 Å². The first-order valence-corrected chi connectivity index (χ1v) is 7.49. The number of rotatable bonds is 5. The molecule has 0 atom stereocenters. The number of ether oxygens (including phenoxy) is 1. The second-order valence-corrected chi connectivity index (χ2v) is 5.32. The molecular weight excluding hydrogens is 358 g/mol. The van der Waals surface area contributed by atoms with E-state index in [9.17, 15) is 25.0 Å². The largest absolute Gasteiger partial charge is 0.497 e. The molecule has 0 saturated carbocycles. The Labute approximate surface area is 150 Å². The molecule has 0 radical (unpaired) electrons. The van der Waals surface area contributed by atoms with Crippen LogP contribution in [0.4, 0.5) is 11.4 Å². The van der Waals surface area contributed by atoms with Crippen LogP contribution in [-0.4, -0.2) is 21.9 Å². The molecule has 0 amide bonds. The smallest absolute Gasteiger partial charge is 0.347 e. The van der Waals surface area contributed by atoms with E-state index in [1.165, 1.54) is 13.2 Å². The second-order valence-electron chi connectivity index (χ2n) is 5.32. The van der Waals surface area contributed by atoms with Crippen molar-refractivity contribution < 1.29 is 19.0 Å². The molecule has 3 rings (SSSR count). The lowest BCUT2D eigenvalue weighted by atomic mass is 10.2. The van der Waals surface area contributed by atoms with E-state index in [2.05, 4.69) is 4.98 Å². The van der Waals surface area contributed by atoms with Crippen LogP contribution in [0.5, 0.6) is 5.75 Å². The minimum absolute atomic E-state index is 0.166. The van der Waals surface area contributed by atoms with Crippen molar-refractivity contribution >= 4 is 34.4 Å². The summed E-state index contributed by atoms with van der Waals surface area (Å²) in [5, 5.41) is 21.8. The third-order valence-corrected chi connectivity index (χ3v) is 3.66. The molecule has 10 heteroatoms. The zero-order valence-corrected chi connectivity index (χ0v) is 13.8. The third-order valence-electron chi connectivity index (χ3n) is 3.66. The van der Waals surface area contributed by atoms with Crippen molar-refractivity contribution in [1.29, 1.82) is 0 Å². The Kier molecular flexibility index (Phi) is 4.62. The van der Waals surface area contributed by atoms with E-state index >= 15 is 0 Å². The second kappa shape index (κ2) is 7.04. The van der Waals surface area contributed by atoms with E-state index in [1.807, 2.05) is 0 Å². The standard InChI is InChI=1S/C17H11N3O7/c1-26-12-5-2-10(3-6-12)4-7-15-18-16-13(17(21)27-15)8-11(19(22)23)9-14(16)20(24)25/h2-9H,1H3. The van der Waals surface area contributed by atoms with Gasteiger partial charge in [0.1, 0.15) is 5.75 Å². The monoisotopic (exact) mass is 369 g/mol. The Morgan fingerprint density at radius 3 is 2.37 bits per heavy atom. The predicted molar refractivity (Wildman–Crippen MR) is 95.5 cm³/mol. The first-order valence-electron chi connectivity index (χ1n) is 7.49. The van der Waals surface area contributed by atoms with Crippen molar-refractivity contribution in [1.82, 2.24) is 4.98 Å². The number of nitrogens with zero attached hydrogens (tertiary/aromatic N) is 3. The van der Waals surface area contributed by atoms with Crippen LogP contribution < -0.4 is 10.4 Å². The molecule has 0 bridgehead atoms. The van der Waals surface area contributed by atoms with Crippen LogP contribution in [0.3, 0.4) is 0 Å². The maximum atomic E-state index is 12.1. The van der Waals surface area contributed by atoms with Gasteiger partial charge in [0, 0.05) is 12.1 Å². The fourth-order valence-corrected chi connectivity index (χ4v) is 2.36. The first-order chi connectivity index (χ1) is 12.9. The normalized spacial score (nSPS) is 11.0. The van der Waals surface area contributed by atoms with Gasteiger partial charge in [-0.3, -0.25) is 20.2 Å². The molecule has 0 unspecified atom stereocenters. The number of nitro groups is 2. The van der Waals surface area contributed by atoms with Crippen LogP contribution in [-0.2, 0) is 0 Å². The van der Waals surface area contributed by atoms with Gasteiger partial charge in [-0.25, -0.2) is 9.78 Å². The number of benzene rings is 2. The van der Waals surface area contributed by atoms with E-state index in [-0.39, 0.29) is 16.8 Å². The van der Waals surface area contributed by atoms with Crippen molar-refractivity contribution in [3.8, 4) is 5.75 Å².